The maximum absolute atomic E-state index is 11.4. The summed E-state index contributed by atoms with van der Waals surface area (Å²) >= 11 is 1.57. The molecular formula is C16H25BO5S. The van der Waals surface area contributed by atoms with E-state index in [0.29, 0.717) is 19.4 Å². The van der Waals surface area contributed by atoms with Crippen LogP contribution >= 0.6 is 11.3 Å². The topological polar surface area (TPSA) is 54.0 Å². The Morgan fingerprint density at radius 1 is 1.26 bits per heavy atom. The standard InChI is InChI=1S/C16H25BO5S/c1-7-20-11-10-13(23-12(11)8-9-14(18)19-6)17-21-15(2,3)16(4,5)22-17/h10H,7-9H2,1-6H3. The number of carbonyl (C=O) groups is 1. The number of methoxy groups -OCH3 is 1. The lowest BCUT2D eigenvalue weighted by atomic mass is 9.88. The minimum Gasteiger partial charge on any atom is -0.493 e. The molecule has 2 rings (SSSR count). The SMILES string of the molecule is CCOc1cc(B2OC(C)(C)C(C)(C)O2)sc1CCC(=O)OC. The van der Waals surface area contributed by atoms with Crippen molar-refractivity contribution in [2.24, 2.45) is 0 Å². The van der Waals surface area contributed by atoms with Crippen LogP contribution in [0.5, 0.6) is 5.75 Å². The number of carbonyl (C=O) groups excluding carboxylic acids is 1. The van der Waals surface area contributed by atoms with Crippen LogP contribution in [0.1, 0.15) is 45.9 Å². The molecule has 1 aliphatic rings. The summed E-state index contributed by atoms with van der Waals surface area (Å²) in [5.74, 6) is 0.573. The van der Waals surface area contributed by atoms with Crippen LogP contribution < -0.4 is 9.51 Å². The zero-order valence-electron chi connectivity index (χ0n) is 14.7. The number of aryl methyl sites for hydroxylation is 1. The highest BCUT2D eigenvalue weighted by atomic mass is 32.1. The van der Waals surface area contributed by atoms with Crippen LogP contribution in [0.3, 0.4) is 0 Å². The molecular weight excluding hydrogens is 315 g/mol. The zero-order valence-corrected chi connectivity index (χ0v) is 15.5. The summed E-state index contributed by atoms with van der Waals surface area (Å²) in [6.07, 6.45) is 0.923. The number of esters is 1. The molecule has 2 heterocycles. The van der Waals surface area contributed by atoms with Gasteiger partial charge in [-0.15, -0.1) is 11.3 Å². The fraction of sp³-hybridized carbons (Fsp3) is 0.688. The van der Waals surface area contributed by atoms with Crippen LogP contribution in [0.4, 0.5) is 0 Å². The van der Waals surface area contributed by atoms with Gasteiger partial charge in [0.2, 0.25) is 0 Å². The molecule has 7 heteroatoms. The normalized spacial score (nSPS) is 19.0. The minimum absolute atomic E-state index is 0.224. The van der Waals surface area contributed by atoms with Crippen molar-refractivity contribution in [2.45, 2.75) is 58.7 Å². The predicted molar refractivity (Wildman–Crippen MR) is 91.5 cm³/mol. The minimum atomic E-state index is -0.406. The van der Waals surface area contributed by atoms with E-state index in [4.69, 9.17) is 18.8 Å². The lowest BCUT2D eigenvalue weighted by molar-refractivity contribution is -0.140. The van der Waals surface area contributed by atoms with Crippen molar-refractivity contribution in [1.29, 1.82) is 0 Å². The fourth-order valence-electron chi connectivity index (χ4n) is 2.28. The van der Waals surface area contributed by atoms with Gasteiger partial charge in [-0.05, 0) is 47.1 Å². The summed E-state index contributed by atoms with van der Waals surface area (Å²) in [5.41, 5.74) is -0.751. The lowest BCUT2D eigenvalue weighted by Gasteiger charge is -2.32. The Hall–Kier alpha value is -1.05. The molecule has 1 aromatic heterocycles. The van der Waals surface area contributed by atoms with E-state index in [1.807, 2.05) is 40.7 Å². The monoisotopic (exact) mass is 340 g/mol. The van der Waals surface area contributed by atoms with Crippen molar-refractivity contribution >= 4 is 29.2 Å². The van der Waals surface area contributed by atoms with Crippen LogP contribution in [0.2, 0.25) is 0 Å². The largest absolute Gasteiger partial charge is 0.505 e. The summed E-state index contributed by atoms with van der Waals surface area (Å²) in [6, 6.07) is 1.96. The van der Waals surface area contributed by atoms with Gasteiger partial charge in [-0.25, -0.2) is 0 Å². The Kier molecular flexibility index (Phi) is 5.43. The molecule has 1 saturated heterocycles. The third-order valence-electron chi connectivity index (χ3n) is 4.36. The summed E-state index contributed by atoms with van der Waals surface area (Å²) in [7, 11) is 0.992. The summed E-state index contributed by atoms with van der Waals surface area (Å²) in [6.45, 7) is 10.6. The molecule has 1 fully saturated rings. The van der Waals surface area contributed by atoms with E-state index in [1.54, 1.807) is 11.3 Å². The molecule has 0 radical (unpaired) electrons. The molecule has 0 N–H and O–H groups in total. The first-order valence-electron chi connectivity index (χ1n) is 7.88. The highest BCUT2D eigenvalue weighted by Crippen LogP contribution is 2.38. The van der Waals surface area contributed by atoms with E-state index in [1.165, 1.54) is 7.11 Å². The second-order valence-electron chi connectivity index (χ2n) is 6.53. The number of hydrogen-bond acceptors (Lipinski definition) is 6. The Morgan fingerprint density at radius 2 is 1.87 bits per heavy atom. The van der Waals surface area contributed by atoms with Crippen molar-refractivity contribution in [3.05, 3.63) is 10.9 Å². The maximum atomic E-state index is 11.4. The first-order chi connectivity index (χ1) is 10.7. The molecule has 1 aliphatic heterocycles. The smallest absolute Gasteiger partial charge is 0.493 e. The van der Waals surface area contributed by atoms with Crippen molar-refractivity contribution in [2.75, 3.05) is 13.7 Å². The van der Waals surface area contributed by atoms with Gasteiger partial charge in [0.05, 0.1) is 31.3 Å². The van der Waals surface area contributed by atoms with Gasteiger partial charge in [0, 0.05) is 9.65 Å². The van der Waals surface area contributed by atoms with Crippen LogP contribution in [-0.4, -0.2) is 38.0 Å². The van der Waals surface area contributed by atoms with Crippen LogP contribution in [-0.2, 0) is 25.3 Å². The molecule has 0 aromatic carbocycles. The average Bonchev–Trinajstić information content (AvgIpc) is 2.95. The molecule has 0 amide bonds. The highest BCUT2D eigenvalue weighted by molar-refractivity contribution is 7.22. The predicted octanol–water partition coefficient (Wildman–Crippen LogP) is 2.55. The third-order valence-corrected chi connectivity index (χ3v) is 5.56. The van der Waals surface area contributed by atoms with Gasteiger partial charge in [0.1, 0.15) is 5.75 Å². The molecule has 0 atom stereocenters. The van der Waals surface area contributed by atoms with E-state index >= 15 is 0 Å². The first-order valence-corrected chi connectivity index (χ1v) is 8.69. The second-order valence-corrected chi connectivity index (χ2v) is 7.70. The number of ether oxygens (including phenoxy) is 2. The number of thiophene rings is 1. The van der Waals surface area contributed by atoms with Gasteiger partial charge in [0.15, 0.2) is 0 Å². The van der Waals surface area contributed by atoms with Crippen LogP contribution in [0.15, 0.2) is 6.07 Å². The van der Waals surface area contributed by atoms with E-state index in [9.17, 15) is 4.79 Å². The van der Waals surface area contributed by atoms with Crippen molar-refractivity contribution in [3.63, 3.8) is 0 Å². The summed E-state index contributed by atoms with van der Waals surface area (Å²) in [5, 5.41) is 0. The molecule has 0 unspecified atom stereocenters. The summed E-state index contributed by atoms with van der Waals surface area (Å²) < 4.78 is 23.5. The molecule has 0 spiro atoms. The highest BCUT2D eigenvalue weighted by Gasteiger charge is 2.52. The molecule has 0 saturated carbocycles. The maximum Gasteiger partial charge on any atom is 0.505 e. The van der Waals surface area contributed by atoms with E-state index < -0.39 is 7.12 Å². The van der Waals surface area contributed by atoms with Gasteiger partial charge >= 0.3 is 13.1 Å². The van der Waals surface area contributed by atoms with Crippen LogP contribution in [0.25, 0.3) is 0 Å². The average molecular weight is 340 g/mol. The van der Waals surface area contributed by atoms with Gasteiger partial charge in [-0.3, -0.25) is 4.79 Å². The lowest BCUT2D eigenvalue weighted by Crippen LogP contribution is -2.41. The van der Waals surface area contributed by atoms with Crippen LogP contribution in [0, 0.1) is 0 Å². The zero-order chi connectivity index (χ0) is 17.3. The Bertz CT molecular complexity index is 551. The van der Waals surface area contributed by atoms with Gasteiger partial charge in [-0.1, -0.05) is 0 Å². The van der Waals surface area contributed by atoms with E-state index in [0.717, 1.165) is 15.4 Å². The molecule has 128 valence electrons. The van der Waals surface area contributed by atoms with Crippen molar-refractivity contribution < 1.29 is 23.6 Å². The van der Waals surface area contributed by atoms with Crippen molar-refractivity contribution in [1.82, 2.24) is 0 Å². The third kappa shape index (κ3) is 3.90. The number of rotatable bonds is 6. The Balaban J connectivity index is 2.19. The number of hydrogen-bond donors (Lipinski definition) is 0. The Labute approximate surface area is 142 Å². The molecule has 5 nitrogen and oxygen atoms in total. The molecule has 0 aliphatic carbocycles. The quantitative estimate of drug-likeness (QED) is 0.588. The van der Waals surface area contributed by atoms with E-state index in [2.05, 4.69) is 0 Å². The fourth-order valence-corrected chi connectivity index (χ4v) is 3.34. The van der Waals surface area contributed by atoms with Crippen molar-refractivity contribution in [3.8, 4) is 5.75 Å². The molecule has 1 aromatic rings. The van der Waals surface area contributed by atoms with Gasteiger partial charge in [-0.2, -0.15) is 0 Å². The molecule has 23 heavy (non-hydrogen) atoms. The van der Waals surface area contributed by atoms with Gasteiger partial charge < -0.3 is 18.8 Å². The second kappa shape index (κ2) is 6.83. The first kappa shape index (κ1) is 18.3. The molecule has 0 bridgehead atoms. The van der Waals surface area contributed by atoms with Gasteiger partial charge in [0.25, 0.3) is 0 Å². The Morgan fingerprint density at radius 3 is 2.39 bits per heavy atom. The van der Waals surface area contributed by atoms with E-state index in [-0.39, 0.29) is 17.2 Å². The summed E-state index contributed by atoms with van der Waals surface area (Å²) in [4.78, 5) is 12.4.